The molecular formula is C23H34N6S3. The Morgan fingerprint density at radius 1 is 1.16 bits per heavy atom. The molecule has 2 heterocycles. The average Bonchev–Trinajstić information content (AvgIpc) is 3.27. The van der Waals surface area contributed by atoms with Crippen molar-refractivity contribution in [3.05, 3.63) is 48.0 Å². The van der Waals surface area contributed by atoms with E-state index in [2.05, 4.69) is 51.4 Å². The molecule has 9 heteroatoms. The number of aromatic nitrogens is 1. The zero-order valence-electron chi connectivity index (χ0n) is 18.9. The molecule has 6 nitrogen and oxygen atoms in total. The maximum atomic E-state index is 5.83. The third-order valence-electron chi connectivity index (χ3n) is 5.21. The molecule has 3 aromatic rings. The Bertz CT molecular complexity index is 1030. The summed E-state index contributed by atoms with van der Waals surface area (Å²) in [4.78, 5) is 7.36. The van der Waals surface area contributed by atoms with Crippen LogP contribution < -0.4 is 21.5 Å². The highest BCUT2D eigenvalue weighted by molar-refractivity contribution is 8.12. The summed E-state index contributed by atoms with van der Waals surface area (Å²) in [6.45, 7) is 5.33. The Hall–Kier alpha value is -1.46. The average molecular weight is 491 g/mol. The van der Waals surface area contributed by atoms with Crippen LogP contribution in [-0.4, -0.2) is 41.8 Å². The first kappa shape index (κ1) is 25.2. The normalized spacial score (nSPS) is 15.4. The van der Waals surface area contributed by atoms with Crippen molar-refractivity contribution in [3.8, 4) is 0 Å². The number of nitrogens with two attached hydrogens (primary N) is 3. The molecule has 1 aliphatic heterocycles. The van der Waals surface area contributed by atoms with Gasteiger partial charge in [-0.25, -0.2) is 4.98 Å². The Balaban J connectivity index is 0.00000141. The van der Waals surface area contributed by atoms with Crippen molar-refractivity contribution in [2.45, 2.75) is 42.1 Å². The number of fused-ring (bicyclic) bond motifs is 1. The Morgan fingerprint density at radius 2 is 1.91 bits per heavy atom. The second-order valence-corrected chi connectivity index (χ2v) is 11.2. The van der Waals surface area contributed by atoms with Crippen molar-refractivity contribution in [1.29, 1.82) is 0 Å². The lowest BCUT2D eigenvalue weighted by atomic mass is 10.2. The predicted octanol–water partition coefficient (Wildman–Crippen LogP) is 4.78. The smallest absolute Gasteiger partial charge is 0.196 e. The van der Waals surface area contributed by atoms with Gasteiger partial charge in [0, 0.05) is 29.4 Å². The van der Waals surface area contributed by atoms with Crippen LogP contribution in [0.15, 0.2) is 52.3 Å². The number of rotatable bonds is 7. The topological polar surface area (TPSA) is 97.4 Å². The van der Waals surface area contributed by atoms with Crippen LogP contribution in [0.2, 0.25) is 0 Å². The largest absolute Gasteiger partial charge is 0.333 e. The Kier molecular flexibility index (Phi) is 9.54. The molecule has 1 aromatic heterocycles. The van der Waals surface area contributed by atoms with Gasteiger partial charge in [-0.2, -0.15) is 0 Å². The van der Waals surface area contributed by atoms with E-state index >= 15 is 0 Å². The summed E-state index contributed by atoms with van der Waals surface area (Å²) >= 11 is 3.41. The third kappa shape index (κ3) is 6.11. The number of thiazole rings is 1. The summed E-state index contributed by atoms with van der Waals surface area (Å²) in [5, 5.41) is 0.996. The second-order valence-electron chi connectivity index (χ2n) is 7.36. The lowest BCUT2D eigenvalue weighted by Gasteiger charge is -2.29. The van der Waals surface area contributed by atoms with Crippen LogP contribution >= 0.6 is 34.0 Å². The summed E-state index contributed by atoms with van der Waals surface area (Å²) < 4.78 is 5.88. The minimum atomic E-state index is -0.462. The first-order chi connectivity index (χ1) is 15.5. The summed E-state index contributed by atoms with van der Waals surface area (Å²) in [6.07, 6.45) is 3.45. The number of benzene rings is 2. The Labute approximate surface area is 202 Å². The lowest BCUT2D eigenvalue weighted by Crippen LogP contribution is -2.24. The van der Waals surface area contributed by atoms with Crippen LogP contribution in [0.25, 0.3) is 10.2 Å². The quantitative estimate of drug-likeness (QED) is 0.249. The molecule has 1 aliphatic rings. The fraction of sp³-hybridized carbons (Fsp3) is 0.391. The van der Waals surface area contributed by atoms with E-state index in [1.165, 1.54) is 36.1 Å². The molecule has 0 bridgehead atoms. The number of piperidine rings is 1. The molecular weight excluding hydrogens is 456 g/mol. The van der Waals surface area contributed by atoms with E-state index in [0.717, 1.165) is 40.5 Å². The number of hydrogen-bond donors (Lipinski definition) is 3. The predicted molar refractivity (Wildman–Crippen MR) is 145 cm³/mol. The van der Waals surface area contributed by atoms with Crippen molar-refractivity contribution < 1.29 is 0 Å². The molecule has 1 saturated heterocycles. The van der Waals surface area contributed by atoms with Crippen LogP contribution in [0.1, 0.15) is 37.9 Å². The summed E-state index contributed by atoms with van der Waals surface area (Å²) in [6, 6.07) is 14.8. The van der Waals surface area contributed by atoms with Gasteiger partial charge in [0.05, 0.1) is 16.4 Å². The molecule has 4 rings (SSSR count). The van der Waals surface area contributed by atoms with E-state index < -0.39 is 6.17 Å². The maximum Gasteiger partial charge on any atom is 0.196 e. The standard InChI is InChI=1S/C22H29N5S3.CH5N/c1-3-27(22-25-19-11-10-16(21(23)24)14-20(19)28-22)29-17-8-7-9-18(15-17)30(2)26-12-5-4-6-13-26;1-2/h7-11,14-15,21H,2-6,12-13,23-24H2,1H3;2H2,1H3. The lowest BCUT2D eigenvalue weighted by molar-refractivity contribution is 0.379. The van der Waals surface area contributed by atoms with Gasteiger partial charge in [-0.05, 0) is 74.7 Å². The minimum Gasteiger partial charge on any atom is -0.333 e. The molecule has 0 radical (unpaired) electrons. The van der Waals surface area contributed by atoms with Gasteiger partial charge in [0.2, 0.25) is 0 Å². The molecule has 6 N–H and O–H groups in total. The van der Waals surface area contributed by atoms with Gasteiger partial charge < -0.3 is 17.2 Å². The summed E-state index contributed by atoms with van der Waals surface area (Å²) in [5.41, 5.74) is 18.1. The van der Waals surface area contributed by atoms with Crippen LogP contribution in [-0.2, 0) is 0 Å². The summed E-state index contributed by atoms with van der Waals surface area (Å²) in [7, 11) is 1.40. The van der Waals surface area contributed by atoms with E-state index in [-0.39, 0.29) is 10.7 Å². The third-order valence-corrected chi connectivity index (χ3v) is 9.27. The molecule has 32 heavy (non-hydrogen) atoms. The molecule has 0 saturated carbocycles. The SMILES string of the molecule is C=S(c1cccc(SN(CC)c2nc3ccc(C(N)N)cc3s2)c1)N1CCCCC1.CN. The zero-order chi connectivity index (χ0) is 23.1. The second kappa shape index (κ2) is 12.1. The number of hydrogen-bond acceptors (Lipinski definition) is 8. The molecule has 2 aromatic carbocycles. The van der Waals surface area contributed by atoms with E-state index in [1.807, 2.05) is 18.2 Å². The van der Waals surface area contributed by atoms with E-state index in [0.29, 0.717) is 0 Å². The van der Waals surface area contributed by atoms with Gasteiger partial charge in [-0.1, -0.05) is 46.4 Å². The minimum absolute atomic E-state index is 0.0962. The molecule has 1 atom stereocenters. The fourth-order valence-electron chi connectivity index (χ4n) is 3.52. The highest BCUT2D eigenvalue weighted by Crippen LogP contribution is 2.38. The highest BCUT2D eigenvalue weighted by Gasteiger charge is 2.16. The zero-order valence-corrected chi connectivity index (χ0v) is 21.3. The van der Waals surface area contributed by atoms with Crippen molar-refractivity contribution in [2.24, 2.45) is 17.2 Å². The van der Waals surface area contributed by atoms with E-state index in [9.17, 15) is 0 Å². The summed E-state index contributed by atoms with van der Waals surface area (Å²) in [5.74, 6) is 4.48. The van der Waals surface area contributed by atoms with Crippen molar-refractivity contribution in [1.82, 2.24) is 9.29 Å². The highest BCUT2D eigenvalue weighted by atomic mass is 32.2. The first-order valence-corrected chi connectivity index (χ1v) is 13.8. The van der Waals surface area contributed by atoms with Gasteiger partial charge >= 0.3 is 0 Å². The fourth-order valence-corrected chi connectivity index (χ4v) is 7.12. The molecule has 1 unspecified atom stereocenters. The van der Waals surface area contributed by atoms with Gasteiger partial charge in [0.15, 0.2) is 5.13 Å². The Morgan fingerprint density at radius 3 is 2.59 bits per heavy atom. The van der Waals surface area contributed by atoms with Crippen molar-refractivity contribution in [2.75, 3.05) is 31.0 Å². The first-order valence-electron chi connectivity index (χ1n) is 10.9. The molecule has 0 spiro atoms. The van der Waals surface area contributed by atoms with E-state index in [4.69, 9.17) is 16.5 Å². The monoisotopic (exact) mass is 490 g/mol. The van der Waals surface area contributed by atoms with Crippen molar-refractivity contribution >= 4 is 55.2 Å². The van der Waals surface area contributed by atoms with Crippen LogP contribution in [0.4, 0.5) is 5.13 Å². The molecule has 0 amide bonds. The molecule has 174 valence electrons. The molecule has 0 aliphatic carbocycles. The van der Waals surface area contributed by atoms with Crippen LogP contribution in [0.3, 0.4) is 0 Å². The number of nitrogens with zero attached hydrogens (tertiary/aromatic N) is 3. The maximum absolute atomic E-state index is 5.83. The van der Waals surface area contributed by atoms with Gasteiger partial charge in [-0.3, -0.25) is 8.61 Å². The van der Waals surface area contributed by atoms with Gasteiger partial charge in [0.25, 0.3) is 0 Å². The van der Waals surface area contributed by atoms with E-state index in [1.54, 1.807) is 23.3 Å². The van der Waals surface area contributed by atoms with Gasteiger partial charge in [0.1, 0.15) is 0 Å². The van der Waals surface area contributed by atoms with Crippen LogP contribution in [0.5, 0.6) is 0 Å². The number of anilines is 1. The molecule has 1 fully saturated rings. The van der Waals surface area contributed by atoms with Crippen molar-refractivity contribution in [3.63, 3.8) is 0 Å². The van der Waals surface area contributed by atoms with Crippen LogP contribution in [0, 0.1) is 0 Å². The van der Waals surface area contributed by atoms with Gasteiger partial charge in [-0.15, -0.1) is 0 Å².